The second-order valence-corrected chi connectivity index (χ2v) is 8.35. The van der Waals surface area contributed by atoms with Crippen molar-refractivity contribution in [1.82, 2.24) is 0 Å². The van der Waals surface area contributed by atoms with Crippen molar-refractivity contribution in [2.75, 3.05) is 0 Å². The van der Waals surface area contributed by atoms with Crippen LogP contribution in [-0.4, -0.2) is 5.54 Å². The Morgan fingerprint density at radius 3 is 2.65 bits per heavy atom. The first-order chi connectivity index (χ1) is 9.35. The van der Waals surface area contributed by atoms with E-state index in [1.807, 2.05) is 0 Å². The van der Waals surface area contributed by atoms with E-state index >= 15 is 0 Å². The molecule has 1 aromatic carbocycles. The molecule has 0 aromatic heterocycles. The first kappa shape index (κ1) is 14.1. The summed E-state index contributed by atoms with van der Waals surface area (Å²) < 4.78 is 0. The number of hydrogen-bond donors (Lipinski definition) is 1. The molecular weight excluding hydrogens is 242 g/mol. The molecule has 0 aliphatic heterocycles. The summed E-state index contributed by atoms with van der Waals surface area (Å²) in [6.45, 7) is 7.13. The zero-order chi connectivity index (χ0) is 14.4. The maximum absolute atomic E-state index is 6.80. The molecule has 2 aliphatic rings. The first-order valence-corrected chi connectivity index (χ1v) is 8.25. The van der Waals surface area contributed by atoms with Crippen molar-refractivity contribution in [2.24, 2.45) is 17.1 Å². The zero-order valence-corrected chi connectivity index (χ0v) is 13.3. The van der Waals surface area contributed by atoms with Crippen molar-refractivity contribution in [3.8, 4) is 0 Å². The molecule has 20 heavy (non-hydrogen) atoms. The summed E-state index contributed by atoms with van der Waals surface area (Å²) >= 11 is 0. The summed E-state index contributed by atoms with van der Waals surface area (Å²) in [4.78, 5) is 0. The standard InChI is InChI=1S/C19H29N/c1-14-10-18(2,3)13-19(20,11-14)12-15-7-8-16-5-4-6-17(16)9-15/h7-9,14H,4-6,10-13,20H2,1-3H3. The molecule has 1 aromatic rings. The van der Waals surface area contributed by atoms with Crippen LogP contribution in [0.2, 0.25) is 0 Å². The van der Waals surface area contributed by atoms with E-state index in [9.17, 15) is 0 Å². The minimum Gasteiger partial charge on any atom is -0.325 e. The molecule has 2 aliphatic carbocycles. The van der Waals surface area contributed by atoms with Gasteiger partial charge in [-0.2, -0.15) is 0 Å². The molecule has 3 rings (SSSR count). The number of benzene rings is 1. The molecule has 0 heterocycles. The number of aryl methyl sites for hydroxylation is 2. The Morgan fingerprint density at radius 1 is 1.15 bits per heavy atom. The molecular formula is C19H29N. The van der Waals surface area contributed by atoms with Crippen molar-refractivity contribution in [3.05, 3.63) is 34.9 Å². The fourth-order valence-electron chi connectivity index (χ4n) is 5.08. The highest BCUT2D eigenvalue weighted by molar-refractivity contribution is 5.36. The molecule has 2 N–H and O–H groups in total. The van der Waals surface area contributed by atoms with Gasteiger partial charge in [-0.15, -0.1) is 0 Å². The second kappa shape index (κ2) is 4.87. The van der Waals surface area contributed by atoms with Crippen LogP contribution in [0.5, 0.6) is 0 Å². The molecule has 1 nitrogen and oxygen atoms in total. The van der Waals surface area contributed by atoms with Crippen LogP contribution >= 0.6 is 0 Å². The number of nitrogens with two attached hydrogens (primary N) is 1. The highest BCUT2D eigenvalue weighted by Gasteiger charge is 2.40. The van der Waals surface area contributed by atoms with Crippen LogP contribution in [0.25, 0.3) is 0 Å². The normalized spacial score (nSPS) is 32.1. The van der Waals surface area contributed by atoms with Crippen molar-refractivity contribution in [1.29, 1.82) is 0 Å². The van der Waals surface area contributed by atoms with Crippen molar-refractivity contribution in [2.45, 2.75) is 71.3 Å². The lowest BCUT2D eigenvalue weighted by atomic mass is 9.63. The van der Waals surface area contributed by atoms with Crippen molar-refractivity contribution in [3.63, 3.8) is 0 Å². The third-order valence-electron chi connectivity index (χ3n) is 5.21. The smallest absolute Gasteiger partial charge is 0.0202 e. The highest BCUT2D eigenvalue weighted by Crippen LogP contribution is 2.44. The minimum absolute atomic E-state index is 0.00594. The largest absolute Gasteiger partial charge is 0.325 e. The van der Waals surface area contributed by atoms with Gasteiger partial charge < -0.3 is 5.73 Å². The predicted octanol–water partition coefficient (Wildman–Crippen LogP) is 4.26. The lowest BCUT2D eigenvalue weighted by Gasteiger charge is -2.46. The summed E-state index contributed by atoms with van der Waals surface area (Å²) in [5.41, 5.74) is 11.8. The Kier molecular flexibility index (Phi) is 3.44. The molecule has 0 spiro atoms. The van der Waals surface area contributed by atoms with E-state index in [0.717, 1.165) is 18.8 Å². The van der Waals surface area contributed by atoms with Gasteiger partial charge >= 0.3 is 0 Å². The minimum atomic E-state index is -0.00594. The van der Waals surface area contributed by atoms with E-state index < -0.39 is 0 Å². The number of fused-ring (bicyclic) bond motifs is 1. The van der Waals surface area contributed by atoms with Gasteiger partial charge in [-0.25, -0.2) is 0 Å². The van der Waals surface area contributed by atoms with E-state index in [1.165, 1.54) is 37.7 Å². The van der Waals surface area contributed by atoms with Crippen LogP contribution in [0, 0.1) is 11.3 Å². The molecule has 0 saturated heterocycles. The summed E-state index contributed by atoms with van der Waals surface area (Å²) in [5, 5.41) is 0. The van der Waals surface area contributed by atoms with Gasteiger partial charge in [0.2, 0.25) is 0 Å². The van der Waals surface area contributed by atoms with Crippen molar-refractivity contribution >= 4 is 0 Å². The maximum Gasteiger partial charge on any atom is 0.0202 e. The van der Waals surface area contributed by atoms with Gasteiger partial charge in [-0.3, -0.25) is 0 Å². The van der Waals surface area contributed by atoms with Gasteiger partial charge in [0.15, 0.2) is 0 Å². The molecule has 110 valence electrons. The average molecular weight is 271 g/mol. The Morgan fingerprint density at radius 2 is 1.90 bits per heavy atom. The van der Waals surface area contributed by atoms with Gasteiger partial charge in [-0.1, -0.05) is 39.0 Å². The summed E-state index contributed by atoms with van der Waals surface area (Å²) in [6.07, 6.45) is 8.56. The summed E-state index contributed by atoms with van der Waals surface area (Å²) in [6, 6.07) is 7.10. The summed E-state index contributed by atoms with van der Waals surface area (Å²) in [7, 11) is 0. The Hall–Kier alpha value is -0.820. The van der Waals surface area contributed by atoms with Crippen LogP contribution in [-0.2, 0) is 19.3 Å². The van der Waals surface area contributed by atoms with Gasteiger partial charge in [0, 0.05) is 5.54 Å². The zero-order valence-electron chi connectivity index (χ0n) is 13.3. The van der Waals surface area contributed by atoms with Crippen LogP contribution in [0.3, 0.4) is 0 Å². The SMILES string of the molecule is CC1CC(C)(C)CC(N)(Cc2ccc3c(c2)CCC3)C1. The van der Waals surface area contributed by atoms with Gasteiger partial charge in [-0.05, 0) is 73.0 Å². The molecule has 2 unspecified atom stereocenters. The molecule has 2 atom stereocenters. The van der Waals surface area contributed by atoms with Crippen LogP contribution in [0.4, 0.5) is 0 Å². The van der Waals surface area contributed by atoms with E-state index in [1.54, 1.807) is 11.1 Å². The van der Waals surface area contributed by atoms with Crippen molar-refractivity contribution < 1.29 is 0 Å². The second-order valence-electron chi connectivity index (χ2n) is 8.35. The van der Waals surface area contributed by atoms with Crippen LogP contribution < -0.4 is 5.73 Å². The first-order valence-electron chi connectivity index (χ1n) is 8.25. The third kappa shape index (κ3) is 2.93. The topological polar surface area (TPSA) is 26.0 Å². The fourth-order valence-corrected chi connectivity index (χ4v) is 5.08. The third-order valence-corrected chi connectivity index (χ3v) is 5.21. The van der Waals surface area contributed by atoms with Gasteiger partial charge in [0.1, 0.15) is 0 Å². The lowest BCUT2D eigenvalue weighted by molar-refractivity contribution is 0.108. The quantitative estimate of drug-likeness (QED) is 0.854. The van der Waals surface area contributed by atoms with E-state index in [4.69, 9.17) is 5.73 Å². The molecule has 0 radical (unpaired) electrons. The summed E-state index contributed by atoms with van der Waals surface area (Å²) in [5.74, 6) is 0.748. The predicted molar refractivity (Wildman–Crippen MR) is 85.9 cm³/mol. The van der Waals surface area contributed by atoms with Crippen LogP contribution in [0.15, 0.2) is 18.2 Å². The fraction of sp³-hybridized carbons (Fsp3) is 0.684. The van der Waals surface area contributed by atoms with Crippen LogP contribution in [0.1, 0.15) is 63.1 Å². The Bertz CT molecular complexity index is 502. The Balaban J connectivity index is 1.79. The molecule has 0 amide bonds. The number of hydrogen-bond acceptors (Lipinski definition) is 1. The lowest BCUT2D eigenvalue weighted by Crippen LogP contribution is -2.50. The Labute approximate surface area is 124 Å². The average Bonchev–Trinajstić information content (AvgIpc) is 2.71. The molecule has 1 heteroatoms. The molecule has 1 fully saturated rings. The van der Waals surface area contributed by atoms with E-state index in [-0.39, 0.29) is 5.54 Å². The monoisotopic (exact) mass is 271 g/mol. The highest BCUT2D eigenvalue weighted by atomic mass is 14.8. The van der Waals surface area contributed by atoms with E-state index in [2.05, 4.69) is 39.0 Å². The number of rotatable bonds is 2. The van der Waals surface area contributed by atoms with Gasteiger partial charge in [0.25, 0.3) is 0 Å². The van der Waals surface area contributed by atoms with E-state index in [0.29, 0.717) is 5.41 Å². The molecule has 1 saturated carbocycles. The maximum atomic E-state index is 6.80. The van der Waals surface area contributed by atoms with Gasteiger partial charge in [0.05, 0.1) is 0 Å². The molecule has 0 bridgehead atoms.